The van der Waals surface area contributed by atoms with Crippen LogP contribution in [0, 0.1) is 5.92 Å². The van der Waals surface area contributed by atoms with Gasteiger partial charge >= 0.3 is 0 Å². The summed E-state index contributed by atoms with van der Waals surface area (Å²) in [6.45, 7) is 3.72. The second-order valence-corrected chi connectivity index (χ2v) is 13.0. The molecule has 0 saturated heterocycles. The van der Waals surface area contributed by atoms with Crippen molar-refractivity contribution in [2.45, 2.75) is 32.9 Å². The van der Waals surface area contributed by atoms with E-state index in [-0.39, 0.29) is 40.5 Å². The molecule has 11 heteroatoms. The van der Waals surface area contributed by atoms with E-state index in [2.05, 4.69) is 5.32 Å². The minimum absolute atomic E-state index is 0.0218. The number of hydrogen-bond acceptors (Lipinski definition) is 4. The van der Waals surface area contributed by atoms with Gasteiger partial charge in [0.15, 0.2) is 0 Å². The Morgan fingerprint density at radius 3 is 2.17 bits per heavy atom. The van der Waals surface area contributed by atoms with Crippen LogP contribution in [0.5, 0.6) is 0 Å². The molecule has 1 N–H and O–H groups in total. The molecule has 0 aliphatic rings. The fourth-order valence-electron chi connectivity index (χ4n) is 4.06. The summed E-state index contributed by atoms with van der Waals surface area (Å²) in [7, 11) is -3.98. The molecule has 0 bridgehead atoms. The molecule has 0 unspecified atom stereocenters. The molecule has 0 fully saturated rings. The van der Waals surface area contributed by atoms with Crippen LogP contribution < -0.4 is 9.62 Å². The van der Waals surface area contributed by atoms with Crippen LogP contribution >= 0.6 is 34.8 Å². The number of nitrogens with one attached hydrogen (secondary N) is 1. The molecular formula is C29H32Cl3N3O4S. The minimum Gasteiger partial charge on any atom is -0.354 e. The molecule has 0 aliphatic heterocycles. The highest BCUT2D eigenvalue weighted by atomic mass is 35.5. The average Bonchev–Trinajstić information content (AvgIpc) is 2.90. The third-order valence-corrected chi connectivity index (χ3v) is 8.16. The molecule has 3 aromatic rings. The van der Waals surface area contributed by atoms with Gasteiger partial charge in [0.2, 0.25) is 21.8 Å². The van der Waals surface area contributed by atoms with E-state index in [1.165, 1.54) is 23.1 Å². The third-order valence-electron chi connectivity index (χ3n) is 6.11. The molecule has 0 heterocycles. The second-order valence-electron chi connectivity index (χ2n) is 9.82. The molecule has 3 aromatic carbocycles. The topological polar surface area (TPSA) is 86.8 Å². The SMILES string of the molecule is CC(C)CNC(=O)[C@H](Cc1ccccc1)N(Cc1ccccc1Cl)C(=O)CN(c1cc(Cl)ccc1Cl)S(C)(=O)=O. The number of carbonyl (C=O) groups is 2. The van der Waals surface area contributed by atoms with Gasteiger partial charge < -0.3 is 10.2 Å². The zero-order chi connectivity index (χ0) is 29.4. The quantitative estimate of drug-likeness (QED) is 0.275. The lowest BCUT2D eigenvalue weighted by molar-refractivity contribution is -0.140. The van der Waals surface area contributed by atoms with E-state index >= 15 is 0 Å². The van der Waals surface area contributed by atoms with Crippen LogP contribution in [0.4, 0.5) is 5.69 Å². The summed E-state index contributed by atoms with van der Waals surface area (Å²) in [5.41, 5.74) is 1.51. The van der Waals surface area contributed by atoms with Crippen molar-refractivity contribution in [1.82, 2.24) is 10.2 Å². The van der Waals surface area contributed by atoms with Crippen molar-refractivity contribution in [3.05, 3.63) is 99.0 Å². The van der Waals surface area contributed by atoms with Crippen molar-refractivity contribution in [3.8, 4) is 0 Å². The van der Waals surface area contributed by atoms with Crippen LogP contribution in [0.3, 0.4) is 0 Å². The lowest BCUT2D eigenvalue weighted by Gasteiger charge is -2.34. The number of carbonyl (C=O) groups excluding carboxylic acids is 2. The zero-order valence-corrected chi connectivity index (χ0v) is 25.6. The summed E-state index contributed by atoms with van der Waals surface area (Å²) in [4.78, 5) is 29.1. The van der Waals surface area contributed by atoms with Crippen LogP contribution in [0.25, 0.3) is 0 Å². The number of hydrogen-bond donors (Lipinski definition) is 1. The first-order valence-electron chi connectivity index (χ1n) is 12.6. The summed E-state index contributed by atoms with van der Waals surface area (Å²) < 4.78 is 26.7. The van der Waals surface area contributed by atoms with Gasteiger partial charge in [0.1, 0.15) is 12.6 Å². The highest BCUT2D eigenvalue weighted by Gasteiger charge is 2.33. The van der Waals surface area contributed by atoms with E-state index in [0.29, 0.717) is 17.1 Å². The maximum atomic E-state index is 14.1. The Hall–Kier alpha value is -2.78. The first kappa shape index (κ1) is 31.7. The van der Waals surface area contributed by atoms with Gasteiger partial charge in [-0.05, 0) is 41.3 Å². The number of rotatable bonds is 12. The van der Waals surface area contributed by atoms with E-state index in [1.807, 2.05) is 44.2 Å². The molecule has 3 rings (SSSR count). The van der Waals surface area contributed by atoms with Crippen LogP contribution in [0.1, 0.15) is 25.0 Å². The van der Waals surface area contributed by atoms with Gasteiger partial charge in [-0.1, -0.05) is 97.2 Å². The number of nitrogens with zero attached hydrogens (tertiary/aromatic N) is 2. The summed E-state index contributed by atoms with van der Waals surface area (Å²) in [5, 5.41) is 3.71. The predicted octanol–water partition coefficient (Wildman–Crippen LogP) is 5.83. The first-order valence-corrected chi connectivity index (χ1v) is 15.6. The van der Waals surface area contributed by atoms with Crippen molar-refractivity contribution in [2.75, 3.05) is 23.7 Å². The Morgan fingerprint density at radius 1 is 0.900 bits per heavy atom. The normalized spacial score (nSPS) is 12.2. The Balaban J connectivity index is 2.08. The van der Waals surface area contributed by atoms with Crippen LogP contribution in [-0.2, 0) is 32.6 Å². The minimum atomic E-state index is -3.98. The van der Waals surface area contributed by atoms with Crippen molar-refractivity contribution >= 4 is 62.3 Å². The third kappa shape index (κ3) is 8.86. The Bertz CT molecular complexity index is 1440. The number of sulfonamides is 1. The highest BCUT2D eigenvalue weighted by molar-refractivity contribution is 7.92. The average molecular weight is 625 g/mol. The van der Waals surface area contributed by atoms with Crippen molar-refractivity contribution in [2.24, 2.45) is 5.92 Å². The lowest BCUT2D eigenvalue weighted by Crippen LogP contribution is -2.53. The fourth-order valence-corrected chi connectivity index (χ4v) is 5.54. The van der Waals surface area contributed by atoms with E-state index in [9.17, 15) is 18.0 Å². The van der Waals surface area contributed by atoms with Crippen molar-refractivity contribution in [3.63, 3.8) is 0 Å². The summed E-state index contributed by atoms with van der Waals surface area (Å²) in [6, 6.07) is 19.7. The van der Waals surface area contributed by atoms with Gasteiger partial charge in [-0.25, -0.2) is 8.42 Å². The molecule has 0 spiro atoms. The van der Waals surface area contributed by atoms with Gasteiger partial charge in [-0.15, -0.1) is 0 Å². The van der Waals surface area contributed by atoms with Crippen LogP contribution in [0.2, 0.25) is 15.1 Å². The maximum Gasteiger partial charge on any atom is 0.244 e. The second kappa shape index (κ2) is 14.2. The van der Waals surface area contributed by atoms with Crippen molar-refractivity contribution < 1.29 is 18.0 Å². The first-order chi connectivity index (χ1) is 18.9. The predicted molar refractivity (Wildman–Crippen MR) is 162 cm³/mol. The molecule has 40 heavy (non-hydrogen) atoms. The number of anilines is 1. The van der Waals surface area contributed by atoms with E-state index < -0.39 is 28.5 Å². The monoisotopic (exact) mass is 623 g/mol. The molecular weight excluding hydrogens is 593 g/mol. The number of amides is 2. The van der Waals surface area contributed by atoms with E-state index in [1.54, 1.807) is 24.3 Å². The van der Waals surface area contributed by atoms with E-state index in [0.717, 1.165) is 16.1 Å². The molecule has 7 nitrogen and oxygen atoms in total. The maximum absolute atomic E-state index is 14.1. The van der Waals surface area contributed by atoms with Crippen molar-refractivity contribution in [1.29, 1.82) is 0 Å². The standard InChI is InChI=1S/C29H32Cl3N3O4S/c1-20(2)17-33-29(37)27(15-21-9-5-4-6-10-21)34(18-22-11-7-8-12-24(22)31)28(36)19-35(40(3,38)39)26-16-23(30)13-14-25(26)32/h4-14,16,20,27H,15,17-19H2,1-3H3,(H,33,37)/t27-/m0/s1. The fraction of sp³-hybridized carbons (Fsp3) is 0.310. The van der Waals surface area contributed by atoms with Crippen LogP contribution in [-0.4, -0.2) is 50.5 Å². The van der Waals surface area contributed by atoms with Gasteiger partial charge in [0.25, 0.3) is 0 Å². The molecule has 1 atom stereocenters. The summed E-state index contributed by atoms with van der Waals surface area (Å²) in [5.74, 6) is -0.786. The smallest absolute Gasteiger partial charge is 0.244 e. The zero-order valence-electron chi connectivity index (χ0n) is 22.5. The van der Waals surface area contributed by atoms with E-state index in [4.69, 9.17) is 34.8 Å². The van der Waals surface area contributed by atoms with Gasteiger partial charge in [0.05, 0.1) is 17.0 Å². The summed E-state index contributed by atoms with van der Waals surface area (Å²) in [6.07, 6.45) is 1.18. The lowest BCUT2D eigenvalue weighted by atomic mass is 10.0. The molecule has 0 aliphatic carbocycles. The Kier molecular flexibility index (Phi) is 11.3. The molecule has 214 valence electrons. The number of halogens is 3. The Labute approximate surface area is 251 Å². The molecule has 0 saturated carbocycles. The molecule has 2 amide bonds. The van der Waals surface area contributed by atoms with Gasteiger partial charge in [0, 0.05) is 29.6 Å². The van der Waals surface area contributed by atoms with Crippen LogP contribution in [0.15, 0.2) is 72.8 Å². The largest absolute Gasteiger partial charge is 0.354 e. The van der Waals surface area contributed by atoms with Gasteiger partial charge in [-0.2, -0.15) is 0 Å². The molecule has 0 aromatic heterocycles. The molecule has 0 radical (unpaired) electrons. The summed E-state index contributed by atoms with van der Waals surface area (Å²) >= 11 is 18.9. The van der Waals surface area contributed by atoms with Gasteiger partial charge in [-0.3, -0.25) is 13.9 Å². The number of benzene rings is 3. The highest BCUT2D eigenvalue weighted by Crippen LogP contribution is 2.31. The Morgan fingerprint density at radius 2 is 1.55 bits per heavy atom.